The summed E-state index contributed by atoms with van der Waals surface area (Å²) in [5.41, 5.74) is 6.30. The van der Waals surface area contributed by atoms with Crippen molar-refractivity contribution < 1.29 is 27.5 Å². The van der Waals surface area contributed by atoms with E-state index in [0.717, 1.165) is 82.1 Å². The summed E-state index contributed by atoms with van der Waals surface area (Å²) >= 11 is 0. The fraction of sp³-hybridized carbons (Fsp3) is 0.575. The third-order valence-corrected chi connectivity index (χ3v) is 14.6. The third-order valence-electron chi connectivity index (χ3n) is 13.2. The van der Waals surface area contributed by atoms with Gasteiger partial charge in [-0.05, 0) is 72.4 Å². The number of rotatable bonds is 6. The number of nitrogens with zero attached hydrogens (tertiary/aromatic N) is 5. The van der Waals surface area contributed by atoms with Crippen LogP contribution in [-0.2, 0) is 26.3 Å². The zero-order chi connectivity index (χ0) is 36.8. The highest BCUT2D eigenvalue weighted by Gasteiger charge is 2.50. The van der Waals surface area contributed by atoms with Crippen LogP contribution in [0.3, 0.4) is 0 Å². The van der Waals surface area contributed by atoms with Gasteiger partial charge in [0.05, 0.1) is 24.1 Å². The number of allylic oxidation sites excluding steroid dienone is 4. The van der Waals surface area contributed by atoms with Crippen molar-refractivity contribution in [2.45, 2.75) is 69.7 Å². The Hall–Kier alpha value is -4.10. The summed E-state index contributed by atoms with van der Waals surface area (Å²) in [4.78, 5) is 47.8. The summed E-state index contributed by atoms with van der Waals surface area (Å²) in [6, 6.07) is 6.63. The molecule has 0 bridgehead atoms. The van der Waals surface area contributed by atoms with Gasteiger partial charge in [-0.15, -0.1) is 0 Å². The highest BCUT2D eigenvalue weighted by Crippen LogP contribution is 2.55. The van der Waals surface area contributed by atoms with Gasteiger partial charge in [-0.2, -0.15) is 12.7 Å². The minimum atomic E-state index is -4.01. The number of benzene rings is 1. The van der Waals surface area contributed by atoms with Crippen LogP contribution < -0.4 is 9.46 Å². The number of amides is 4. The standard InChI is InChI=1S/C40H50N6O6S/c1-42(2)53(50,51)41-38(47)36-31-23-46-32(18-30-33(52-3)15-14-27(37(30)46)24-10-5-4-6-11-24)34-28(35(31)36)12-9-13-29(34)39(48)44-19-25-21-45(22-26(25)20-44)40(49)43-16-7-8-17-43/h9,12,14-15,18,24-26,29,34H,4-8,10-11,13,16-17,19-23H2,1-3H3,(H,41,47)/t25?,26?,29-,34?/m1/s1. The second kappa shape index (κ2) is 13.0. The van der Waals surface area contributed by atoms with Gasteiger partial charge in [-0.3, -0.25) is 9.59 Å². The van der Waals surface area contributed by atoms with Gasteiger partial charge in [-0.25, -0.2) is 9.52 Å². The maximum Gasteiger partial charge on any atom is 0.320 e. The Labute approximate surface area is 311 Å². The summed E-state index contributed by atoms with van der Waals surface area (Å²) < 4.78 is 37.1. The fourth-order valence-electron chi connectivity index (χ4n) is 10.4. The molecule has 3 aliphatic carbocycles. The molecule has 4 amide bonds. The molecule has 4 fully saturated rings. The number of hydrogen-bond acceptors (Lipinski definition) is 6. The number of fused-ring (bicyclic) bond motifs is 7. The fourth-order valence-corrected chi connectivity index (χ4v) is 11.0. The lowest BCUT2D eigenvalue weighted by atomic mass is 9.76. The first-order chi connectivity index (χ1) is 25.6. The van der Waals surface area contributed by atoms with Crippen molar-refractivity contribution in [1.82, 2.24) is 28.3 Å². The van der Waals surface area contributed by atoms with E-state index in [0.29, 0.717) is 50.6 Å². The smallest absolute Gasteiger partial charge is 0.320 e. The Balaban J connectivity index is 1.09. The minimum Gasteiger partial charge on any atom is -0.496 e. The molecule has 1 aromatic carbocycles. The first kappa shape index (κ1) is 34.7. The monoisotopic (exact) mass is 742 g/mol. The molecule has 13 heteroatoms. The van der Waals surface area contributed by atoms with Gasteiger partial charge in [-0.1, -0.05) is 37.5 Å². The third kappa shape index (κ3) is 5.71. The van der Waals surface area contributed by atoms with E-state index in [1.54, 1.807) is 7.11 Å². The van der Waals surface area contributed by atoms with Crippen molar-refractivity contribution in [2.24, 2.45) is 17.8 Å². The number of carbonyl (C=O) groups excluding carboxylic acids is 3. The zero-order valence-electron chi connectivity index (χ0n) is 31.0. The largest absolute Gasteiger partial charge is 0.496 e. The van der Waals surface area contributed by atoms with Gasteiger partial charge in [0, 0.05) is 88.7 Å². The molecule has 1 saturated carbocycles. The summed E-state index contributed by atoms with van der Waals surface area (Å²) in [5.74, 6) is 0.434. The molecule has 1 N–H and O–H groups in total. The van der Waals surface area contributed by atoms with Crippen LogP contribution in [0.25, 0.3) is 10.9 Å². The molecule has 3 saturated heterocycles. The number of urea groups is 1. The molecule has 282 valence electrons. The van der Waals surface area contributed by atoms with E-state index >= 15 is 0 Å². The number of likely N-dealkylation sites (tertiary alicyclic amines) is 3. The van der Waals surface area contributed by atoms with Crippen molar-refractivity contribution in [3.05, 3.63) is 63.9 Å². The molecule has 3 unspecified atom stereocenters. The van der Waals surface area contributed by atoms with Crippen LogP contribution in [0.4, 0.5) is 4.79 Å². The van der Waals surface area contributed by atoms with Gasteiger partial charge in [0.25, 0.3) is 5.91 Å². The van der Waals surface area contributed by atoms with Crippen LogP contribution in [0.2, 0.25) is 0 Å². The first-order valence-electron chi connectivity index (χ1n) is 19.5. The summed E-state index contributed by atoms with van der Waals surface area (Å²) in [6.45, 7) is 4.72. The quantitative estimate of drug-likeness (QED) is 0.465. The molecule has 7 aliphatic rings. The van der Waals surface area contributed by atoms with E-state index in [9.17, 15) is 22.8 Å². The normalized spacial score (nSPS) is 26.9. The van der Waals surface area contributed by atoms with E-state index in [4.69, 9.17) is 4.74 Å². The van der Waals surface area contributed by atoms with Gasteiger partial charge in [0.2, 0.25) is 5.91 Å². The maximum atomic E-state index is 14.9. The second-order valence-electron chi connectivity index (χ2n) is 16.4. The predicted molar refractivity (Wildman–Crippen MR) is 200 cm³/mol. The second-order valence-corrected chi connectivity index (χ2v) is 18.3. The van der Waals surface area contributed by atoms with E-state index in [1.807, 2.05) is 20.8 Å². The van der Waals surface area contributed by atoms with Gasteiger partial charge in [0.15, 0.2) is 0 Å². The van der Waals surface area contributed by atoms with Crippen LogP contribution in [0, 0.1) is 17.8 Å². The highest BCUT2D eigenvalue weighted by molar-refractivity contribution is 7.87. The predicted octanol–water partition coefficient (Wildman–Crippen LogP) is 4.51. The van der Waals surface area contributed by atoms with Gasteiger partial charge < -0.3 is 24.0 Å². The molecule has 0 radical (unpaired) electrons. The topological polar surface area (TPSA) is 124 Å². The Bertz CT molecular complexity index is 2090. The lowest BCUT2D eigenvalue weighted by molar-refractivity contribution is -0.135. The Morgan fingerprint density at radius 3 is 2.28 bits per heavy atom. The van der Waals surface area contributed by atoms with Gasteiger partial charge in [0.1, 0.15) is 5.75 Å². The number of ether oxygens (including phenoxy) is 1. The SMILES string of the molecule is COc1ccc(C2CCCCC2)c2c1cc1n2CC2=C(C(=O)NS(=O)(=O)N(C)C)C2=C2C=CC[C@@H](C(=O)N3CC4CN(C(=O)N5CCCC5)CC4C3)C21. The average Bonchev–Trinajstić information content (AvgIpc) is 3.63. The number of hydrogen-bond donors (Lipinski definition) is 1. The van der Waals surface area contributed by atoms with Crippen LogP contribution in [0.1, 0.15) is 74.5 Å². The molecule has 5 heterocycles. The molecule has 2 aromatic rings. The van der Waals surface area contributed by atoms with Crippen LogP contribution in [0.15, 0.2) is 52.6 Å². The summed E-state index contributed by atoms with van der Waals surface area (Å²) in [7, 11) is 0.471. The molecule has 4 aliphatic heterocycles. The van der Waals surface area contributed by atoms with Crippen molar-refractivity contribution in [3.8, 4) is 5.75 Å². The Morgan fingerprint density at radius 2 is 1.60 bits per heavy atom. The molecule has 1 aromatic heterocycles. The van der Waals surface area contributed by atoms with Crippen LogP contribution in [-0.4, -0.2) is 110 Å². The molecule has 0 spiro atoms. The van der Waals surface area contributed by atoms with Crippen molar-refractivity contribution >= 4 is 39.0 Å². The van der Waals surface area contributed by atoms with E-state index in [-0.39, 0.29) is 29.7 Å². The molecule has 9 rings (SSSR count). The molecular weight excluding hydrogens is 693 g/mol. The number of methoxy groups -OCH3 is 1. The van der Waals surface area contributed by atoms with E-state index < -0.39 is 22.0 Å². The number of aromatic nitrogens is 1. The lowest BCUT2D eigenvalue weighted by Gasteiger charge is -2.34. The lowest BCUT2D eigenvalue weighted by Crippen LogP contribution is -2.43. The Kier molecular flexibility index (Phi) is 8.52. The summed E-state index contributed by atoms with van der Waals surface area (Å²) in [5, 5.41) is 1.01. The number of nitrogens with one attached hydrogen (secondary N) is 1. The Morgan fingerprint density at radius 1 is 0.906 bits per heavy atom. The average molecular weight is 743 g/mol. The summed E-state index contributed by atoms with van der Waals surface area (Å²) in [6.07, 6.45) is 12.6. The van der Waals surface area contributed by atoms with Crippen molar-refractivity contribution in [2.75, 3.05) is 60.5 Å². The first-order valence-corrected chi connectivity index (χ1v) is 20.9. The molecule has 53 heavy (non-hydrogen) atoms. The molecule has 12 nitrogen and oxygen atoms in total. The zero-order valence-corrected chi connectivity index (χ0v) is 31.8. The van der Waals surface area contributed by atoms with Crippen molar-refractivity contribution in [3.63, 3.8) is 0 Å². The number of carbonyl (C=O) groups is 3. The van der Waals surface area contributed by atoms with Crippen molar-refractivity contribution in [1.29, 1.82) is 0 Å². The molecular formula is C40H50N6O6S. The van der Waals surface area contributed by atoms with Gasteiger partial charge >= 0.3 is 16.2 Å². The van der Waals surface area contributed by atoms with E-state index in [1.165, 1.54) is 38.9 Å². The van der Waals surface area contributed by atoms with Crippen LogP contribution >= 0.6 is 0 Å². The highest BCUT2D eigenvalue weighted by atomic mass is 32.2. The molecule has 4 atom stereocenters. The van der Waals surface area contributed by atoms with E-state index in [2.05, 4.69) is 33.6 Å². The van der Waals surface area contributed by atoms with Crippen LogP contribution in [0.5, 0.6) is 5.75 Å². The maximum absolute atomic E-state index is 14.9. The minimum absolute atomic E-state index is 0.103.